The Hall–Kier alpha value is -0.300. The normalized spacial score (nSPS) is 24.8. The lowest BCUT2D eigenvalue weighted by atomic mass is 9.84. The molecule has 1 fully saturated rings. The van der Waals surface area contributed by atoms with Crippen LogP contribution in [0.25, 0.3) is 0 Å². The molecule has 0 aromatic carbocycles. The summed E-state index contributed by atoms with van der Waals surface area (Å²) in [7, 11) is 0. The molecule has 0 unspecified atom stereocenters. The fourth-order valence-electron chi connectivity index (χ4n) is 2.86. The van der Waals surface area contributed by atoms with Gasteiger partial charge in [0.2, 0.25) is 0 Å². The predicted octanol–water partition coefficient (Wildman–Crippen LogP) is 5.50. The number of ether oxygens (including phenoxy) is 1. The van der Waals surface area contributed by atoms with Crippen LogP contribution in [-0.4, -0.2) is 12.7 Å². The summed E-state index contributed by atoms with van der Waals surface area (Å²) in [5.41, 5.74) is 0. The second kappa shape index (κ2) is 10.6. The van der Waals surface area contributed by atoms with E-state index >= 15 is 0 Å². The number of unbranched alkanes of at least 4 members (excludes halogenated alkanes) is 3. The summed E-state index contributed by atoms with van der Waals surface area (Å²) < 4.78 is 5.99. The van der Waals surface area contributed by atoms with Gasteiger partial charge >= 0.3 is 0 Å². The summed E-state index contributed by atoms with van der Waals surface area (Å²) in [6, 6.07) is 0. The standard InChI is InChI=1S/C17H32O/c1-3-5-7-9-15-18-17-13-11-16(12-14-17)10-8-6-4-2/h4,6,16-17H,3,5,7-15H2,1-2H3. The van der Waals surface area contributed by atoms with E-state index in [0.717, 1.165) is 12.5 Å². The van der Waals surface area contributed by atoms with E-state index in [9.17, 15) is 0 Å². The number of hydrogen-bond acceptors (Lipinski definition) is 1. The van der Waals surface area contributed by atoms with Crippen molar-refractivity contribution in [3.8, 4) is 0 Å². The molecule has 0 radical (unpaired) electrons. The maximum Gasteiger partial charge on any atom is 0.0575 e. The Morgan fingerprint density at radius 1 is 1.06 bits per heavy atom. The van der Waals surface area contributed by atoms with Gasteiger partial charge in [-0.05, 0) is 57.8 Å². The molecule has 0 N–H and O–H groups in total. The van der Waals surface area contributed by atoms with Gasteiger partial charge in [-0.25, -0.2) is 0 Å². The molecule has 1 nitrogen and oxygen atoms in total. The highest BCUT2D eigenvalue weighted by Crippen LogP contribution is 2.29. The van der Waals surface area contributed by atoms with Crippen LogP contribution in [0.3, 0.4) is 0 Å². The largest absolute Gasteiger partial charge is 0.378 e. The molecule has 0 aromatic rings. The Bertz CT molecular complexity index is 202. The minimum Gasteiger partial charge on any atom is -0.378 e. The highest BCUT2D eigenvalue weighted by molar-refractivity contribution is 4.80. The van der Waals surface area contributed by atoms with Gasteiger partial charge in [0.1, 0.15) is 0 Å². The third kappa shape index (κ3) is 7.20. The smallest absolute Gasteiger partial charge is 0.0575 e. The molecule has 0 atom stereocenters. The van der Waals surface area contributed by atoms with Gasteiger partial charge in [0.25, 0.3) is 0 Å². The van der Waals surface area contributed by atoms with Crippen LogP contribution in [0.15, 0.2) is 12.2 Å². The Labute approximate surface area is 114 Å². The van der Waals surface area contributed by atoms with E-state index in [-0.39, 0.29) is 0 Å². The molecule has 1 aliphatic rings. The zero-order valence-corrected chi connectivity index (χ0v) is 12.5. The van der Waals surface area contributed by atoms with E-state index in [1.165, 1.54) is 64.2 Å². The Balaban J connectivity index is 1.97. The van der Waals surface area contributed by atoms with Crippen molar-refractivity contribution in [2.75, 3.05) is 6.61 Å². The quantitative estimate of drug-likeness (QED) is 0.389. The molecule has 0 saturated heterocycles. The minimum absolute atomic E-state index is 0.574. The summed E-state index contributed by atoms with van der Waals surface area (Å²) in [5, 5.41) is 0. The van der Waals surface area contributed by atoms with Crippen molar-refractivity contribution in [3.05, 3.63) is 12.2 Å². The van der Waals surface area contributed by atoms with Crippen molar-refractivity contribution < 1.29 is 4.74 Å². The van der Waals surface area contributed by atoms with Crippen molar-refractivity contribution in [2.24, 2.45) is 5.92 Å². The molecule has 1 saturated carbocycles. The SMILES string of the molecule is CC=CCCC1CCC(OCCCCCC)CC1. The molecule has 1 rings (SSSR count). The Morgan fingerprint density at radius 2 is 1.83 bits per heavy atom. The molecule has 0 aromatic heterocycles. The zero-order chi connectivity index (χ0) is 13.1. The van der Waals surface area contributed by atoms with Gasteiger partial charge in [0, 0.05) is 6.61 Å². The topological polar surface area (TPSA) is 9.23 Å². The average Bonchev–Trinajstić information content (AvgIpc) is 2.40. The van der Waals surface area contributed by atoms with E-state index in [4.69, 9.17) is 4.74 Å². The van der Waals surface area contributed by atoms with Crippen LogP contribution in [0.4, 0.5) is 0 Å². The third-order valence-corrected chi connectivity index (χ3v) is 4.12. The predicted molar refractivity (Wildman–Crippen MR) is 79.9 cm³/mol. The number of rotatable bonds is 9. The zero-order valence-electron chi connectivity index (χ0n) is 12.5. The minimum atomic E-state index is 0.574. The van der Waals surface area contributed by atoms with Gasteiger partial charge in [0.05, 0.1) is 6.10 Å². The van der Waals surface area contributed by atoms with E-state index in [2.05, 4.69) is 26.0 Å². The first-order valence-corrected chi connectivity index (χ1v) is 8.09. The lowest BCUT2D eigenvalue weighted by molar-refractivity contribution is 0.0154. The molecule has 0 aliphatic heterocycles. The van der Waals surface area contributed by atoms with Crippen molar-refractivity contribution in [1.82, 2.24) is 0 Å². The first-order chi connectivity index (χ1) is 8.86. The van der Waals surface area contributed by atoms with Gasteiger partial charge < -0.3 is 4.74 Å². The summed E-state index contributed by atoms with van der Waals surface area (Å²) in [6.07, 6.45) is 18.3. The number of hydrogen-bond donors (Lipinski definition) is 0. The maximum atomic E-state index is 5.99. The maximum absolute atomic E-state index is 5.99. The molecule has 18 heavy (non-hydrogen) atoms. The third-order valence-electron chi connectivity index (χ3n) is 4.12. The van der Waals surface area contributed by atoms with E-state index in [1.807, 2.05) is 0 Å². The van der Waals surface area contributed by atoms with Gasteiger partial charge in [-0.3, -0.25) is 0 Å². The fourth-order valence-corrected chi connectivity index (χ4v) is 2.86. The summed E-state index contributed by atoms with van der Waals surface area (Å²) in [6.45, 7) is 5.37. The van der Waals surface area contributed by atoms with E-state index < -0.39 is 0 Å². The first-order valence-electron chi connectivity index (χ1n) is 8.09. The van der Waals surface area contributed by atoms with Gasteiger partial charge in [-0.1, -0.05) is 38.3 Å². The first kappa shape index (κ1) is 15.8. The Morgan fingerprint density at radius 3 is 2.50 bits per heavy atom. The van der Waals surface area contributed by atoms with Crippen molar-refractivity contribution >= 4 is 0 Å². The monoisotopic (exact) mass is 252 g/mol. The molecular formula is C17H32O. The van der Waals surface area contributed by atoms with Crippen LogP contribution in [0.1, 0.15) is 78.1 Å². The van der Waals surface area contributed by atoms with Gasteiger partial charge in [-0.15, -0.1) is 0 Å². The van der Waals surface area contributed by atoms with E-state index in [1.54, 1.807) is 0 Å². The van der Waals surface area contributed by atoms with Crippen molar-refractivity contribution in [3.63, 3.8) is 0 Å². The summed E-state index contributed by atoms with van der Waals surface area (Å²) >= 11 is 0. The molecule has 0 bridgehead atoms. The van der Waals surface area contributed by atoms with Crippen LogP contribution in [0.5, 0.6) is 0 Å². The Kier molecular flexibility index (Phi) is 9.28. The van der Waals surface area contributed by atoms with Gasteiger partial charge in [0.15, 0.2) is 0 Å². The van der Waals surface area contributed by atoms with Crippen LogP contribution in [0.2, 0.25) is 0 Å². The summed E-state index contributed by atoms with van der Waals surface area (Å²) in [4.78, 5) is 0. The fraction of sp³-hybridized carbons (Fsp3) is 0.882. The van der Waals surface area contributed by atoms with Crippen molar-refractivity contribution in [2.45, 2.75) is 84.2 Å². The molecule has 0 spiro atoms. The molecular weight excluding hydrogens is 220 g/mol. The average molecular weight is 252 g/mol. The lowest BCUT2D eigenvalue weighted by Gasteiger charge is -2.28. The molecule has 1 aliphatic carbocycles. The molecule has 0 heterocycles. The lowest BCUT2D eigenvalue weighted by Crippen LogP contribution is -2.22. The molecule has 0 amide bonds. The van der Waals surface area contributed by atoms with Gasteiger partial charge in [-0.2, -0.15) is 0 Å². The van der Waals surface area contributed by atoms with E-state index in [0.29, 0.717) is 6.10 Å². The van der Waals surface area contributed by atoms with Crippen molar-refractivity contribution in [1.29, 1.82) is 0 Å². The number of allylic oxidation sites excluding steroid dienone is 2. The highest BCUT2D eigenvalue weighted by Gasteiger charge is 2.20. The highest BCUT2D eigenvalue weighted by atomic mass is 16.5. The summed E-state index contributed by atoms with van der Waals surface area (Å²) in [5.74, 6) is 0.959. The van der Waals surface area contributed by atoms with Crippen LogP contribution < -0.4 is 0 Å². The van der Waals surface area contributed by atoms with Crippen LogP contribution in [0, 0.1) is 5.92 Å². The van der Waals surface area contributed by atoms with Crippen LogP contribution in [-0.2, 0) is 4.74 Å². The second-order valence-corrected chi connectivity index (χ2v) is 5.72. The molecule has 106 valence electrons. The second-order valence-electron chi connectivity index (χ2n) is 5.72. The van der Waals surface area contributed by atoms with Crippen LogP contribution >= 0.6 is 0 Å². The molecule has 1 heteroatoms.